The van der Waals surface area contributed by atoms with Gasteiger partial charge in [0.1, 0.15) is 0 Å². The molecule has 0 aromatic carbocycles. The van der Waals surface area contributed by atoms with Crippen molar-refractivity contribution in [2.75, 3.05) is 6.61 Å². The Bertz CT molecular complexity index is 183. The van der Waals surface area contributed by atoms with Gasteiger partial charge >= 0.3 is 5.97 Å². The fourth-order valence-corrected chi connectivity index (χ4v) is 1.26. The minimum absolute atomic E-state index is 0.134. The molecule has 0 N–H and O–H groups in total. The zero-order chi connectivity index (χ0) is 10.8. The maximum atomic E-state index is 11.4. The number of ether oxygens (including phenoxy) is 1. The van der Waals surface area contributed by atoms with Crippen LogP contribution in [0, 0.1) is 0 Å². The SMILES string of the molecule is CCCCC=C(CCC)C(=O)OCC. The molecule has 0 atom stereocenters. The first-order chi connectivity index (χ1) is 6.76. The van der Waals surface area contributed by atoms with E-state index in [1.54, 1.807) is 0 Å². The van der Waals surface area contributed by atoms with Crippen LogP contribution >= 0.6 is 0 Å². The van der Waals surface area contributed by atoms with Gasteiger partial charge < -0.3 is 4.74 Å². The van der Waals surface area contributed by atoms with Crippen molar-refractivity contribution in [3.8, 4) is 0 Å². The summed E-state index contributed by atoms with van der Waals surface area (Å²) in [5.41, 5.74) is 0.850. The maximum Gasteiger partial charge on any atom is 0.333 e. The third kappa shape index (κ3) is 5.79. The van der Waals surface area contributed by atoms with E-state index < -0.39 is 0 Å². The molecule has 0 unspecified atom stereocenters. The average Bonchev–Trinajstić information content (AvgIpc) is 2.17. The summed E-state index contributed by atoms with van der Waals surface area (Å²) >= 11 is 0. The second kappa shape index (κ2) is 8.79. The van der Waals surface area contributed by atoms with E-state index in [1.807, 2.05) is 13.0 Å². The highest BCUT2D eigenvalue weighted by atomic mass is 16.5. The molecule has 0 saturated heterocycles. The zero-order valence-electron chi connectivity index (χ0n) is 9.64. The van der Waals surface area contributed by atoms with E-state index in [-0.39, 0.29) is 5.97 Å². The quantitative estimate of drug-likeness (QED) is 0.356. The Kier molecular flexibility index (Phi) is 8.30. The molecule has 14 heavy (non-hydrogen) atoms. The third-order valence-electron chi connectivity index (χ3n) is 2.01. The first-order valence-electron chi connectivity index (χ1n) is 5.62. The number of hydrogen-bond acceptors (Lipinski definition) is 2. The summed E-state index contributed by atoms with van der Waals surface area (Å²) in [7, 11) is 0. The van der Waals surface area contributed by atoms with Crippen molar-refractivity contribution in [3.63, 3.8) is 0 Å². The number of carbonyl (C=O) groups excluding carboxylic acids is 1. The Morgan fingerprint density at radius 1 is 1.21 bits per heavy atom. The monoisotopic (exact) mass is 198 g/mol. The number of hydrogen-bond donors (Lipinski definition) is 0. The smallest absolute Gasteiger partial charge is 0.333 e. The molecule has 0 aromatic heterocycles. The Hall–Kier alpha value is -0.790. The molecule has 0 heterocycles. The van der Waals surface area contributed by atoms with Crippen LogP contribution in [0.3, 0.4) is 0 Å². The summed E-state index contributed by atoms with van der Waals surface area (Å²) in [4.78, 5) is 11.4. The van der Waals surface area contributed by atoms with E-state index >= 15 is 0 Å². The summed E-state index contributed by atoms with van der Waals surface area (Å²) in [6.45, 7) is 6.53. The van der Waals surface area contributed by atoms with Crippen LogP contribution in [0.4, 0.5) is 0 Å². The van der Waals surface area contributed by atoms with Crippen LogP contribution in [0.5, 0.6) is 0 Å². The van der Waals surface area contributed by atoms with Crippen molar-refractivity contribution >= 4 is 5.97 Å². The van der Waals surface area contributed by atoms with Crippen molar-refractivity contribution in [2.45, 2.75) is 52.9 Å². The van der Waals surface area contributed by atoms with Crippen LogP contribution < -0.4 is 0 Å². The van der Waals surface area contributed by atoms with E-state index in [1.165, 1.54) is 6.42 Å². The lowest BCUT2D eigenvalue weighted by Gasteiger charge is -2.05. The Morgan fingerprint density at radius 3 is 2.43 bits per heavy atom. The molecule has 2 nitrogen and oxygen atoms in total. The van der Waals surface area contributed by atoms with Crippen LogP contribution in [-0.2, 0) is 9.53 Å². The van der Waals surface area contributed by atoms with Crippen molar-refractivity contribution in [1.29, 1.82) is 0 Å². The Labute approximate surface area is 87.3 Å². The molecule has 0 fully saturated rings. The Morgan fingerprint density at radius 2 is 1.93 bits per heavy atom. The molecule has 0 amide bonds. The van der Waals surface area contributed by atoms with Gasteiger partial charge in [-0.1, -0.05) is 39.2 Å². The molecule has 0 saturated carbocycles. The number of esters is 1. The van der Waals surface area contributed by atoms with E-state index in [0.717, 1.165) is 31.3 Å². The second-order valence-electron chi connectivity index (χ2n) is 3.34. The van der Waals surface area contributed by atoms with E-state index in [2.05, 4.69) is 13.8 Å². The topological polar surface area (TPSA) is 26.3 Å². The van der Waals surface area contributed by atoms with Gasteiger partial charge in [0.15, 0.2) is 0 Å². The molecule has 82 valence electrons. The minimum Gasteiger partial charge on any atom is -0.463 e. The summed E-state index contributed by atoms with van der Waals surface area (Å²) in [6.07, 6.45) is 7.17. The molecule has 0 bridgehead atoms. The highest BCUT2D eigenvalue weighted by Crippen LogP contribution is 2.10. The van der Waals surface area contributed by atoms with Crippen LogP contribution in [-0.4, -0.2) is 12.6 Å². The van der Waals surface area contributed by atoms with Crippen LogP contribution in [0.2, 0.25) is 0 Å². The molecule has 0 radical (unpaired) electrons. The summed E-state index contributed by atoms with van der Waals surface area (Å²) in [5, 5.41) is 0. The third-order valence-corrected chi connectivity index (χ3v) is 2.01. The van der Waals surface area contributed by atoms with Crippen molar-refractivity contribution in [3.05, 3.63) is 11.6 Å². The van der Waals surface area contributed by atoms with Gasteiger partial charge in [-0.2, -0.15) is 0 Å². The normalized spacial score (nSPS) is 11.5. The lowest BCUT2D eigenvalue weighted by Crippen LogP contribution is -2.07. The number of rotatable bonds is 7. The minimum atomic E-state index is -0.134. The van der Waals surface area contributed by atoms with Crippen LogP contribution in [0.25, 0.3) is 0 Å². The molecule has 0 rings (SSSR count). The number of unbranched alkanes of at least 4 members (excludes halogenated alkanes) is 2. The second-order valence-corrected chi connectivity index (χ2v) is 3.34. The molecule has 0 aliphatic rings. The highest BCUT2D eigenvalue weighted by molar-refractivity contribution is 5.88. The number of allylic oxidation sites excluding steroid dienone is 1. The molecule has 2 heteroatoms. The lowest BCUT2D eigenvalue weighted by molar-refractivity contribution is -0.138. The van der Waals surface area contributed by atoms with Crippen LogP contribution in [0.1, 0.15) is 52.9 Å². The Balaban J connectivity index is 4.11. The van der Waals surface area contributed by atoms with Gasteiger partial charge in [-0.3, -0.25) is 0 Å². The van der Waals surface area contributed by atoms with Gasteiger partial charge in [-0.25, -0.2) is 4.79 Å². The van der Waals surface area contributed by atoms with Crippen LogP contribution in [0.15, 0.2) is 11.6 Å². The van der Waals surface area contributed by atoms with E-state index in [9.17, 15) is 4.79 Å². The highest BCUT2D eigenvalue weighted by Gasteiger charge is 2.08. The number of carbonyl (C=O) groups is 1. The van der Waals surface area contributed by atoms with Gasteiger partial charge in [0.05, 0.1) is 6.61 Å². The zero-order valence-corrected chi connectivity index (χ0v) is 9.64. The predicted octanol–water partition coefficient (Wildman–Crippen LogP) is 3.47. The van der Waals surface area contributed by atoms with Crippen molar-refractivity contribution in [1.82, 2.24) is 0 Å². The lowest BCUT2D eigenvalue weighted by atomic mass is 10.1. The fraction of sp³-hybridized carbons (Fsp3) is 0.750. The van der Waals surface area contributed by atoms with Gasteiger partial charge in [0.2, 0.25) is 0 Å². The molecular formula is C12H22O2. The summed E-state index contributed by atoms with van der Waals surface area (Å²) in [6, 6.07) is 0. The first kappa shape index (κ1) is 13.2. The molecule has 0 aliphatic heterocycles. The molecular weight excluding hydrogens is 176 g/mol. The van der Waals surface area contributed by atoms with E-state index in [0.29, 0.717) is 6.61 Å². The summed E-state index contributed by atoms with van der Waals surface area (Å²) in [5.74, 6) is -0.134. The van der Waals surface area contributed by atoms with Gasteiger partial charge in [0, 0.05) is 5.57 Å². The molecule has 0 aromatic rings. The average molecular weight is 198 g/mol. The van der Waals surface area contributed by atoms with Gasteiger partial charge in [-0.15, -0.1) is 0 Å². The maximum absolute atomic E-state index is 11.4. The fourth-order valence-electron chi connectivity index (χ4n) is 1.26. The van der Waals surface area contributed by atoms with E-state index in [4.69, 9.17) is 4.74 Å². The first-order valence-corrected chi connectivity index (χ1v) is 5.62. The van der Waals surface area contributed by atoms with Gasteiger partial charge in [-0.05, 0) is 19.8 Å². The largest absolute Gasteiger partial charge is 0.463 e. The summed E-state index contributed by atoms with van der Waals surface area (Å²) < 4.78 is 4.98. The molecule has 0 aliphatic carbocycles. The standard InChI is InChI=1S/C12H22O2/c1-4-7-8-10-11(9-5-2)12(13)14-6-3/h10H,4-9H2,1-3H3. The predicted molar refractivity (Wildman–Crippen MR) is 59.1 cm³/mol. The van der Waals surface area contributed by atoms with Gasteiger partial charge in [0.25, 0.3) is 0 Å². The molecule has 0 spiro atoms. The van der Waals surface area contributed by atoms with Crippen molar-refractivity contribution < 1.29 is 9.53 Å². The van der Waals surface area contributed by atoms with Crippen molar-refractivity contribution in [2.24, 2.45) is 0 Å².